The first-order valence-electron chi connectivity index (χ1n) is 11.6. The number of allylic oxidation sites excluding steroid dienone is 1. The van der Waals surface area contributed by atoms with E-state index < -0.39 is 46.8 Å². The van der Waals surface area contributed by atoms with Gasteiger partial charge in [-0.2, -0.15) is 0 Å². The van der Waals surface area contributed by atoms with Crippen molar-refractivity contribution in [2.24, 2.45) is 16.8 Å². The lowest BCUT2D eigenvalue weighted by Gasteiger charge is -2.33. The lowest BCUT2D eigenvalue weighted by Crippen LogP contribution is -2.48. The van der Waals surface area contributed by atoms with Crippen LogP contribution in [0.15, 0.2) is 40.5 Å². The summed E-state index contributed by atoms with van der Waals surface area (Å²) in [5.74, 6) is -3.94. The van der Waals surface area contributed by atoms with Crippen molar-refractivity contribution in [1.82, 2.24) is 5.32 Å². The zero-order valence-corrected chi connectivity index (χ0v) is 21.2. The Labute approximate surface area is 204 Å². The van der Waals surface area contributed by atoms with E-state index in [1.807, 2.05) is 0 Å². The van der Waals surface area contributed by atoms with Crippen molar-refractivity contribution in [3.05, 3.63) is 51.2 Å². The second kappa shape index (κ2) is 11.7. The summed E-state index contributed by atoms with van der Waals surface area (Å²) < 4.78 is 10.6. The molecule has 190 valence electrons. The van der Waals surface area contributed by atoms with Crippen LogP contribution in [0, 0.1) is 22.0 Å². The molecule has 2 rings (SSSR count). The number of nitro groups is 1. The molecule has 0 bridgehead atoms. The van der Waals surface area contributed by atoms with Gasteiger partial charge in [-0.05, 0) is 46.1 Å². The van der Waals surface area contributed by atoms with Crippen LogP contribution in [-0.2, 0) is 23.9 Å². The highest BCUT2D eigenvalue weighted by Gasteiger charge is 2.43. The van der Waals surface area contributed by atoms with E-state index in [2.05, 4.69) is 10.3 Å². The van der Waals surface area contributed by atoms with E-state index >= 15 is 0 Å². The van der Waals surface area contributed by atoms with Gasteiger partial charge in [-0.15, -0.1) is 0 Å². The van der Waals surface area contributed by atoms with Crippen LogP contribution in [0.25, 0.3) is 0 Å². The average molecular weight is 488 g/mol. The number of nitrogens with one attached hydrogen (secondary N) is 1. The van der Waals surface area contributed by atoms with Gasteiger partial charge in [-0.1, -0.05) is 26.0 Å². The van der Waals surface area contributed by atoms with Crippen LogP contribution in [0.2, 0.25) is 0 Å². The number of hydrogen-bond acceptors (Lipinski definition) is 8. The Balaban J connectivity index is 2.64. The third kappa shape index (κ3) is 6.52. The van der Waals surface area contributed by atoms with Gasteiger partial charge < -0.3 is 14.8 Å². The second-order valence-corrected chi connectivity index (χ2v) is 8.99. The predicted molar refractivity (Wildman–Crippen MR) is 130 cm³/mol. The van der Waals surface area contributed by atoms with E-state index in [1.54, 1.807) is 54.5 Å². The summed E-state index contributed by atoms with van der Waals surface area (Å²) in [7, 11) is 0. The van der Waals surface area contributed by atoms with Gasteiger partial charge in [0.25, 0.3) is 5.69 Å². The van der Waals surface area contributed by atoms with Crippen LogP contribution in [0.1, 0.15) is 59.9 Å². The zero-order chi connectivity index (χ0) is 26.4. The molecule has 3 atom stereocenters. The summed E-state index contributed by atoms with van der Waals surface area (Å²) in [4.78, 5) is 54.6. The van der Waals surface area contributed by atoms with Crippen molar-refractivity contribution in [2.75, 3.05) is 6.61 Å². The third-order valence-corrected chi connectivity index (χ3v) is 5.61. The number of non-ortho nitro benzene ring substituents is 1. The molecule has 3 unspecified atom stereocenters. The number of esters is 2. The monoisotopic (exact) mass is 487 g/mol. The van der Waals surface area contributed by atoms with Crippen LogP contribution < -0.4 is 5.32 Å². The molecule has 1 aromatic rings. The van der Waals surface area contributed by atoms with Gasteiger partial charge in [0.1, 0.15) is 12.0 Å². The van der Waals surface area contributed by atoms with Crippen LogP contribution >= 0.6 is 0 Å². The van der Waals surface area contributed by atoms with Crippen LogP contribution in [0.4, 0.5) is 5.69 Å². The first kappa shape index (κ1) is 27.7. The highest BCUT2D eigenvalue weighted by Crippen LogP contribution is 2.40. The molecule has 1 aliphatic rings. The molecule has 0 saturated carbocycles. The van der Waals surface area contributed by atoms with Crippen LogP contribution in [-0.4, -0.2) is 47.2 Å². The Hall–Kier alpha value is -3.56. The second-order valence-electron chi connectivity index (χ2n) is 8.99. The minimum Gasteiger partial charge on any atom is -0.464 e. The van der Waals surface area contributed by atoms with Gasteiger partial charge in [0.05, 0.1) is 17.6 Å². The van der Waals surface area contributed by atoms with E-state index in [1.165, 1.54) is 18.2 Å². The number of carbonyl (C=O) groups excluding carboxylic acids is 3. The number of benzene rings is 1. The van der Waals surface area contributed by atoms with Gasteiger partial charge >= 0.3 is 11.9 Å². The number of ether oxygens (including phenoxy) is 2. The molecule has 1 aromatic carbocycles. The third-order valence-electron chi connectivity index (χ3n) is 5.61. The maximum atomic E-state index is 13.6. The molecule has 35 heavy (non-hydrogen) atoms. The molecule has 10 heteroatoms. The number of nitro benzene ring substituents is 1. The van der Waals surface area contributed by atoms with Gasteiger partial charge in [0.2, 0.25) is 5.91 Å². The Kier molecular flexibility index (Phi) is 9.27. The number of carbonyl (C=O) groups is 3. The highest BCUT2D eigenvalue weighted by molar-refractivity contribution is 6.08. The molecule has 0 saturated heterocycles. The van der Waals surface area contributed by atoms with E-state index in [4.69, 9.17) is 9.47 Å². The zero-order valence-electron chi connectivity index (χ0n) is 21.2. The molecule has 0 radical (unpaired) electrons. The Morgan fingerprint density at radius 3 is 2.37 bits per heavy atom. The largest absolute Gasteiger partial charge is 0.464 e. The fourth-order valence-electron chi connectivity index (χ4n) is 4.08. The van der Waals surface area contributed by atoms with Crippen LogP contribution in [0.3, 0.4) is 0 Å². The summed E-state index contributed by atoms with van der Waals surface area (Å²) in [6.45, 7) is 12.1. The standard InChI is InChI=1S/C25H33N3O7/c1-8-34-25(31)22(13(2)3)27-23(29)19-15(6)26-16(7)20(24(30)35-14(4)5)21(19)17-10-9-11-18(12-17)28(32)33/h9-14,20-22H,8H2,1-7H3,(H,27,29). The number of aliphatic imine (C=N–C) groups is 1. The molecular weight excluding hydrogens is 454 g/mol. The highest BCUT2D eigenvalue weighted by atomic mass is 16.6. The van der Waals surface area contributed by atoms with Gasteiger partial charge in [-0.25, -0.2) is 4.79 Å². The molecule has 1 heterocycles. The molecule has 0 spiro atoms. The SMILES string of the molecule is CCOC(=O)C(NC(=O)C1=C(C)N=C(C)C(C(=O)OC(C)C)C1c1cccc([N+](=O)[O-])c1)C(C)C. The molecule has 0 aromatic heterocycles. The van der Waals surface area contributed by atoms with Crippen molar-refractivity contribution >= 4 is 29.2 Å². The van der Waals surface area contributed by atoms with Crippen molar-refractivity contribution in [3.8, 4) is 0 Å². The first-order valence-corrected chi connectivity index (χ1v) is 11.6. The van der Waals surface area contributed by atoms with Crippen molar-refractivity contribution in [2.45, 2.75) is 66.5 Å². The molecule has 1 N–H and O–H groups in total. The van der Waals surface area contributed by atoms with Gasteiger partial charge in [0.15, 0.2) is 0 Å². The minimum atomic E-state index is -0.982. The smallest absolute Gasteiger partial charge is 0.328 e. The van der Waals surface area contributed by atoms with Crippen molar-refractivity contribution in [1.29, 1.82) is 0 Å². The Bertz CT molecular complexity index is 1060. The number of amides is 1. The molecule has 1 aliphatic heterocycles. The van der Waals surface area contributed by atoms with Crippen molar-refractivity contribution < 1.29 is 28.8 Å². The molecule has 0 fully saturated rings. The Morgan fingerprint density at radius 1 is 1.17 bits per heavy atom. The molecule has 1 amide bonds. The van der Waals surface area contributed by atoms with Crippen LogP contribution in [0.5, 0.6) is 0 Å². The van der Waals surface area contributed by atoms with E-state index in [0.29, 0.717) is 17.0 Å². The summed E-state index contributed by atoms with van der Waals surface area (Å²) in [5.41, 5.74) is 1.11. The fourth-order valence-corrected chi connectivity index (χ4v) is 4.08. The average Bonchev–Trinajstić information content (AvgIpc) is 2.76. The maximum absolute atomic E-state index is 13.6. The number of hydrogen-bond donors (Lipinski definition) is 1. The molecule has 10 nitrogen and oxygen atoms in total. The lowest BCUT2D eigenvalue weighted by molar-refractivity contribution is -0.384. The minimum absolute atomic E-state index is 0.136. The van der Waals surface area contributed by atoms with Crippen molar-refractivity contribution in [3.63, 3.8) is 0 Å². The quantitative estimate of drug-likeness (QED) is 0.318. The number of rotatable bonds is 9. The van der Waals surface area contributed by atoms with E-state index in [-0.39, 0.29) is 23.8 Å². The summed E-state index contributed by atoms with van der Waals surface area (Å²) in [6.07, 6.45) is -0.417. The summed E-state index contributed by atoms with van der Waals surface area (Å²) in [5, 5.41) is 14.2. The normalized spacial score (nSPS) is 18.7. The fraction of sp³-hybridized carbons (Fsp3) is 0.520. The summed E-state index contributed by atoms with van der Waals surface area (Å²) >= 11 is 0. The maximum Gasteiger partial charge on any atom is 0.328 e. The number of nitrogens with zero attached hydrogens (tertiary/aromatic N) is 2. The summed E-state index contributed by atoms with van der Waals surface area (Å²) in [6, 6.07) is 4.87. The molecular formula is C25H33N3O7. The van der Waals surface area contributed by atoms with E-state index in [9.17, 15) is 24.5 Å². The Morgan fingerprint density at radius 2 is 1.83 bits per heavy atom. The first-order chi connectivity index (χ1) is 16.4. The van der Waals surface area contributed by atoms with Gasteiger partial charge in [0, 0.05) is 35.0 Å². The molecule has 0 aliphatic carbocycles. The lowest BCUT2D eigenvalue weighted by atomic mass is 9.75. The topological polar surface area (TPSA) is 137 Å². The van der Waals surface area contributed by atoms with Gasteiger partial charge in [-0.3, -0.25) is 24.7 Å². The predicted octanol–water partition coefficient (Wildman–Crippen LogP) is 3.70. The van der Waals surface area contributed by atoms with E-state index in [0.717, 1.165) is 0 Å².